The van der Waals surface area contributed by atoms with Crippen LogP contribution >= 0.6 is 0 Å². The van der Waals surface area contributed by atoms with E-state index in [0.717, 1.165) is 16.7 Å². The predicted octanol–water partition coefficient (Wildman–Crippen LogP) is 3.06. The van der Waals surface area contributed by atoms with Crippen molar-refractivity contribution in [3.05, 3.63) is 69.0 Å². The van der Waals surface area contributed by atoms with E-state index < -0.39 is 17.6 Å². The van der Waals surface area contributed by atoms with E-state index >= 15 is 0 Å². The molecule has 9 heteroatoms. The van der Waals surface area contributed by atoms with Crippen molar-refractivity contribution in [2.24, 2.45) is 0 Å². The number of fused-ring (bicyclic) bond motifs is 1. The van der Waals surface area contributed by atoms with Crippen molar-refractivity contribution in [1.82, 2.24) is 15.1 Å². The fourth-order valence-corrected chi connectivity index (χ4v) is 2.88. The lowest BCUT2D eigenvalue weighted by Crippen LogP contribution is -2.14. The number of hydrogen-bond donors (Lipinski definition) is 1. The summed E-state index contributed by atoms with van der Waals surface area (Å²) in [5.41, 5.74) is 3.01. The Morgan fingerprint density at radius 1 is 1.15 bits per heavy atom. The van der Waals surface area contributed by atoms with Crippen molar-refractivity contribution in [3.63, 3.8) is 0 Å². The highest BCUT2D eigenvalue weighted by Crippen LogP contribution is 2.30. The van der Waals surface area contributed by atoms with Gasteiger partial charge in [-0.2, -0.15) is 18.2 Å². The van der Waals surface area contributed by atoms with Gasteiger partial charge in [-0.05, 0) is 22.8 Å². The quantitative estimate of drug-likeness (QED) is 0.774. The first-order valence-electron chi connectivity index (χ1n) is 7.72. The molecule has 134 valence electrons. The molecule has 0 bridgehead atoms. The molecule has 0 unspecified atom stereocenters. The summed E-state index contributed by atoms with van der Waals surface area (Å²) in [4.78, 5) is 18.2. The number of nitrogens with zero attached hydrogens (tertiary/aromatic N) is 2. The summed E-state index contributed by atoms with van der Waals surface area (Å²) in [5.74, 6) is -1.73. The zero-order chi connectivity index (χ0) is 18.3. The maximum absolute atomic E-state index is 12.7. The van der Waals surface area contributed by atoms with Crippen LogP contribution in [0.1, 0.15) is 28.1 Å². The Kier molecular flexibility index (Phi) is 3.87. The molecule has 0 spiro atoms. The number of rotatable bonds is 3. The zero-order valence-corrected chi connectivity index (χ0v) is 13.3. The van der Waals surface area contributed by atoms with Crippen molar-refractivity contribution in [2.45, 2.75) is 25.8 Å². The second-order valence-electron chi connectivity index (χ2n) is 5.89. The van der Waals surface area contributed by atoms with Crippen LogP contribution in [0.2, 0.25) is 0 Å². The average molecular weight is 363 g/mol. The van der Waals surface area contributed by atoms with E-state index in [4.69, 9.17) is 4.74 Å². The predicted molar refractivity (Wildman–Crippen MR) is 83.1 cm³/mol. The van der Waals surface area contributed by atoms with Crippen LogP contribution in [-0.4, -0.2) is 15.1 Å². The van der Waals surface area contributed by atoms with Gasteiger partial charge in [-0.15, -0.1) is 0 Å². The standard InChI is InChI=1S/C17H12F3N3O3/c18-17(19,20)16-22-14(23-26-16)12-3-4-21-15(24)13(12)6-9-1-2-10-7-25-8-11(10)5-9/h1-5H,6-8H2,(H,21,24). The van der Waals surface area contributed by atoms with E-state index in [1.165, 1.54) is 12.3 Å². The number of aromatic nitrogens is 3. The lowest BCUT2D eigenvalue weighted by molar-refractivity contribution is -0.159. The number of ether oxygens (including phenoxy) is 1. The Morgan fingerprint density at radius 3 is 2.73 bits per heavy atom. The van der Waals surface area contributed by atoms with Crippen molar-refractivity contribution >= 4 is 0 Å². The first-order valence-corrected chi connectivity index (χ1v) is 7.72. The molecule has 0 aliphatic carbocycles. The molecule has 0 saturated carbocycles. The van der Waals surface area contributed by atoms with E-state index in [-0.39, 0.29) is 23.4 Å². The molecule has 1 N–H and O–H groups in total. The van der Waals surface area contributed by atoms with Gasteiger partial charge in [0, 0.05) is 23.7 Å². The van der Waals surface area contributed by atoms with Gasteiger partial charge in [-0.3, -0.25) is 4.79 Å². The summed E-state index contributed by atoms with van der Waals surface area (Å²) in [6.07, 6.45) is -3.19. The van der Waals surface area contributed by atoms with Crippen LogP contribution in [0, 0.1) is 0 Å². The van der Waals surface area contributed by atoms with E-state index in [9.17, 15) is 18.0 Å². The molecule has 6 nitrogen and oxygen atoms in total. The molecule has 0 fully saturated rings. The second kappa shape index (κ2) is 6.10. The van der Waals surface area contributed by atoms with Crippen molar-refractivity contribution in [3.8, 4) is 11.4 Å². The molecule has 26 heavy (non-hydrogen) atoms. The molecule has 0 saturated heterocycles. The summed E-state index contributed by atoms with van der Waals surface area (Å²) < 4.78 is 47.7. The molecule has 1 aliphatic rings. The fourth-order valence-electron chi connectivity index (χ4n) is 2.88. The maximum Gasteiger partial charge on any atom is 0.471 e. The first-order chi connectivity index (χ1) is 12.4. The van der Waals surface area contributed by atoms with Crippen LogP contribution in [0.4, 0.5) is 13.2 Å². The number of halogens is 3. The van der Waals surface area contributed by atoms with Crippen molar-refractivity contribution in [1.29, 1.82) is 0 Å². The van der Waals surface area contributed by atoms with Gasteiger partial charge in [-0.25, -0.2) is 0 Å². The monoisotopic (exact) mass is 363 g/mol. The number of H-pyrrole nitrogens is 1. The van der Waals surface area contributed by atoms with Gasteiger partial charge < -0.3 is 14.2 Å². The Labute approximate surface area is 144 Å². The summed E-state index contributed by atoms with van der Waals surface area (Å²) in [6, 6.07) is 7.17. The molecular formula is C17H12F3N3O3. The highest BCUT2D eigenvalue weighted by atomic mass is 19.4. The van der Waals surface area contributed by atoms with Crippen LogP contribution in [0.15, 0.2) is 39.8 Å². The third-order valence-electron chi connectivity index (χ3n) is 4.14. The number of aromatic amines is 1. The van der Waals surface area contributed by atoms with Gasteiger partial charge in [-0.1, -0.05) is 23.4 Å². The lowest BCUT2D eigenvalue weighted by atomic mass is 9.98. The SMILES string of the molecule is O=c1[nH]ccc(-c2noc(C(F)(F)F)n2)c1Cc1ccc2c(c1)COC2. The smallest absolute Gasteiger partial charge is 0.372 e. The maximum atomic E-state index is 12.7. The van der Waals surface area contributed by atoms with Gasteiger partial charge in [0.25, 0.3) is 5.56 Å². The molecule has 0 amide bonds. The van der Waals surface area contributed by atoms with Crippen LogP contribution in [0.3, 0.4) is 0 Å². The minimum Gasteiger partial charge on any atom is -0.372 e. The van der Waals surface area contributed by atoms with Gasteiger partial charge in [0.2, 0.25) is 5.82 Å². The Bertz CT molecular complexity index is 1020. The average Bonchev–Trinajstić information content (AvgIpc) is 3.24. The number of benzene rings is 1. The fraction of sp³-hybridized carbons (Fsp3) is 0.235. The van der Waals surface area contributed by atoms with Gasteiger partial charge in [0.1, 0.15) is 0 Å². The molecule has 3 heterocycles. The summed E-state index contributed by atoms with van der Waals surface area (Å²) in [5, 5.41) is 3.38. The normalized spacial score (nSPS) is 13.8. The molecule has 0 radical (unpaired) electrons. The number of hydrogen-bond acceptors (Lipinski definition) is 5. The van der Waals surface area contributed by atoms with E-state index in [0.29, 0.717) is 13.2 Å². The van der Waals surface area contributed by atoms with E-state index in [1.807, 2.05) is 18.2 Å². The Balaban J connectivity index is 1.73. The summed E-state index contributed by atoms with van der Waals surface area (Å²) >= 11 is 0. The highest BCUT2D eigenvalue weighted by Gasteiger charge is 2.38. The Morgan fingerprint density at radius 2 is 1.96 bits per heavy atom. The van der Waals surface area contributed by atoms with E-state index in [1.54, 1.807) is 0 Å². The molecular weight excluding hydrogens is 351 g/mol. The first kappa shape index (κ1) is 16.5. The number of alkyl halides is 3. The third-order valence-corrected chi connectivity index (χ3v) is 4.14. The van der Waals surface area contributed by atoms with Gasteiger partial charge in [0.15, 0.2) is 0 Å². The van der Waals surface area contributed by atoms with Crippen molar-refractivity contribution in [2.75, 3.05) is 0 Å². The number of nitrogens with one attached hydrogen (secondary N) is 1. The molecule has 1 aliphatic heterocycles. The largest absolute Gasteiger partial charge is 0.471 e. The van der Waals surface area contributed by atoms with Crippen LogP contribution in [0.5, 0.6) is 0 Å². The minimum atomic E-state index is -4.74. The number of pyridine rings is 1. The topological polar surface area (TPSA) is 81.0 Å². The lowest BCUT2D eigenvalue weighted by Gasteiger charge is -2.07. The highest BCUT2D eigenvalue weighted by molar-refractivity contribution is 5.59. The van der Waals surface area contributed by atoms with Crippen LogP contribution < -0.4 is 5.56 Å². The summed E-state index contributed by atoms with van der Waals surface area (Å²) in [7, 11) is 0. The Hall–Kier alpha value is -2.94. The van der Waals surface area contributed by atoms with E-state index in [2.05, 4.69) is 19.6 Å². The van der Waals surface area contributed by atoms with Crippen molar-refractivity contribution < 1.29 is 22.4 Å². The molecule has 0 atom stereocenters. The molecule has 1 aromatic carbocycles. The molecule has 2 aromatic heterocycles. The van der Waals surface area contributed by atoms with Gasteiger partial charge >= 0.3 is 12.1 Å². The minimum absolute atomic E-state index is 0.199. The molecule has 4 rings (SSSR count). The van der Waals surface area contributed by atoms with Gasteiger partial charge in [0.05, 0.1) is 13.2 Å². The van der Waals surface area contributed by atoms with Crippen LogP contribution in [-0.2, 0) is 30.5 Å². The summed E-state index contributed by atoms with van der Waals surface area (Å²) in [6.45, 7) is 1.05. The third kappa shape index (κ3) is 3.01. The van der Waals surface area contributed by atoms with Crippen LogP contribution in [0.25, 0.3) is 11.4 Å². The second-order valence-corrected chi connectivity index (χ2v) is 5.89. The molecule has 3 aromatic rings. The zero-order valence-electron chi connectivity index (χ0n) is 13.3.